The van der Waals surface area contributed by atoms with Crippen LogP contribution in [0.25, 0.3) is 0 Å². The van der Waals surface area contributed by atoms with E-state index in [1.54, 1.807) is 12.2 Å². The van der Waals surface area contributed by atoms with Crippen LogP contribution in [-0.2, 0) is 4.80 Å². The Hall–Kier alpha value is -0.863. The van der Waals surface area contributed by atoms with E-state index in [-0.39, 0.29) is 0 Å². The topological polar surface area (TPSA) is 19.9 Å². The number of benzene rings is 1. The Kier molecular flexibility index (Phi) is 2.27. The molecule has 57 valence electrons. The molecular formula is C9H11OSi. The summed E-state index contributed by atoms with van der Waals surface area (Å²) in [6, 6.07) is 9.45. The average Bonchev–Trinajstić information content (AvgIpc) is 2.06. The van der Waals surface area contributed by atoms with Crippen molar-refractivity contribution in [2.24, 2.45) is 0 Å². The van der Waals surface area contributed by atoms with E-state index >= 15 is 0 Å². The molecule has 1 aromatic carbocycles. The monoisotopic (exact) mass is 163 g/mol. The van der Waals surface area contributed by atoms with Crippen molar-refractivity contribution >= 4 is 13.5 Å². The molecular weight excluding hydrogens is 152 g/mol. The lowest BCUT2D eigenvalue weighted by molar-refractivity contribution is 0.448. The standard InChI is InChI=1S/C9H11OSi/c1-3-11(2,10)9-7-5-4-6-8-9/h3-8H,1H2,2H3. The molecule has 1 radical (unpaired) electrons. The van der Waals surface area contributed by atoms with E-state index in [0.717, 1.165) is 5.19 Å². The summed E-state index contributed by atoms with van der Waals surface area (Å²) in [5, 5.41) is 0.898. The van der Waals surface area contributed by atoms with Crippen LogP contribution >= 0.6 is 0 Å². The maximum absolute atomic E-state index is 11.7. The lowest BCUT2D eigenvalue weighted by Gasteiger charge is -2.11. The van der Waals surface area contributed by atoms with Gasteiger partial charge < -0.3 is 0 Å². The zero-order valence-electron chi connectivity index (χ0n) is 6.58. The fourth-order valence-corrected chi connectivity index (χ4v) is 1.98. The molecule has 0 spiro atoms. The molecule has 0 fully saturated rings. The summed E-state index contributed by atoms with van der Waals surface area (Å²) in [7, 11) is -2.54. The van der Waals surface area contributed by atoms with E-state index in [2.05, 4.69) is 6.58 Å². The largest absolute Gasteiger partial charge is 0.288 e. The lowest BCUT2D eigenvalue weighted by atomic mass is 10.4. The molecule has 1 rings (SSSR count). The van der Waals surface area contributed by atoms with Crippen LogP contribution in [0.4, 0.5) is 0 Å². The van der Waals surface area contributed by atoms with Crippen LogP contribution in [0.2, 0.25) is 6.55 Å². The average molecular weight is 163 g/mol. The van der Waals surface area contributed by atoms with Crippen LogP contribution in [0.1, 0.15) is 0 Å². The Labute approximate surface area is 68.1 Å². The van der Waals surface area contributed by atoms with Gasteiger partial charge in [-0.1, -0.05) is 36.0 Å². The summed E-state index contributed by atoms with van der Waals surface area (Å²) in [5.74, 6) is 0. The van der Waals surface area contributed by atoms with Crippen LogP contribution < -0.4 is 5.19 Å². The molecule has 0 aromatic heterocycles. The van der Waals surface area contributed by atoms with Crippen molar-refractivity contribution in [3.05, 3.63) is 42.6 Å². The molecule has 0 N–H and O–H groups in total. The zero-order valence-corrected chi connectivity index (χ0v) is 7.58. The predicted molar refractivity (Wildman–Crippen MR) is 48.6 cm³/mol. The molecule has 0 bridgehead atoms. The molecule has 0 aliphatic rings. The molecule has 0 saturated heterocycles. The molecule has 1 unspecified atom stereocenters. The third-order valence-electron chi connectivity index (χ3n) is 1.74. The van der Waals surface area contributed by atoms with Crippen molar-refractivity contribution in [3.63, 3.8) is 0 Å². The van der Waals surface area contributed by atoms with Crippen molar-refractivity contribution < 1.29 is 4.80 Å². The molecule has 1 nitrogen and oxygen atoms in total. The molecule has 0 heterocycles. The minimum absolute atomic E-state index is 0.898. The van der Waals surface area contributed by atoms with Gasteiger partial charge >= 0.3 is 0 Å². The Morgan fingerprint density at radius 2 is 1.91 bits per heavy atom. The van der Waals surface area contributed by atoms with Gasteiger partial charge in [-0.15, -0.1) is 6.58 Å². The number of hydrogen-bond donors (Lipinski definition) is 0. The molecule has 0 aliphatic carbocycles. The maximum atomic E-state index is 11.7. The Morgan fingerprint density at radius 1 is 1.36 bits per heavy atom. The number of hydrogen-bond acceptors (Lipinski definition) is 0. The highest BCUT2D eigenvalue weighted by molar-refractivity contribution is 6.88. The molecule has 0 aliphatic heterocycles. The van der Waals surface area contributed by atoms with Crippen LogP contribution in [0, 0.1) is 0 Å². The van der Waals surface area contributed by atoms with Gasteiger partial charge in [-0.3, -0.25) is 4.80 Å². The van der Waals surface area contributed by atoms with Gasteiger partial charge in [0.15, 0.2) is 0 Å². The fraction of sp³-hybridized carbons (Fsp3) is 0.111. The van der Waals surface area contributed by atoms with E-state index in [1.807, 2.05) is 30.3 Å². The molecule has 1 atom stereocenters. The highest BCUT2D eigenvalue weighted by atomic mass is 28.4. The molecule has 0 saturated carbocycles. The normalized spacial score (nSPS) is 15.5. The first kappa shape index (κ1) is 8.24. The molecule has 0 amide bonds. The quantitative estimate of drug-likeness (QED) is 0.590. The second-order valence-corrected chi connectivity index (χ2v) is 5.88. The van der Waals surface area contributed by atoms with Crippen LogP contribution in [-0.4, -0.2) is 8.32 Å². The van der Waals surface area contributed by atoms with Crippen molar-refractivity contribution in [1.29, 1.82) is 0 Å². The van der Waals surface area contributed by atoms with E-state index in [0.29, 0.717) is 0 Å². The summed E-state index contributed by atoms with van der Waals surface area (Å²) in [6.45, 7) is 5.30. The third-order valence-corrected chi connectivity index (χ3v) is 4.00. The van der Waals surface area contributed by atoms with Gasteiger partial charge in [-0.05, 0) is 11.7 Å². The summed E-state index contributed by atoms with van der Waals surface area (Å²) < 4.78 is 0. The zero-order chi connectivity index (χ0) is 8.32. The molecule has 11 heavy (non-hydrogen) atoms. The number of rotatable bonds is 2. The van der Waals surface area contributed by atoms with E-state index in [9.17, 15) is 4.80 Å². The van der Waals surface area contributed by atoms with Gasteiger partial charge in [0.2, 0.25) is 0 Å². The lowest BCUT2D eigenvalue weighted by Crippen LogP contribution is -2.41. The third kappa shape index (κ3) is 1.79. The van der Waals surface area contributed by atoms with E-state index in [4.69, 9.17) is 0 Å². The van der Waals surface area contributed by atoms with E-state index in [1.165, 1.54) is 0 Å². The molecule has 1 aromatic rings. The first-order valence-corrected chi connectivity index (χ1v) is 6.05. The van der Waals surface area contributed by atoms with Crippen LogP contribution in [0.5, 0.6) is 0 Å². The Balaban J connectivity index is 3.02. The summed E-state index contributed by atoms with van der Waals surface area (Å²) in [6.07, 6.45) is 0. The van der Waals surface area contributed by atoms with Gasteiger partial charge in [0.05, 0.1) is 0 Å². The van der Waals surface area contributed by atoms with Gasteiger partial charge in [-0.25, -0.2) is 0 Å². The van der Waals surface area contributed by atoms with Gasteiger partial charge in [0.25, 0.3) is 8.32 Å². The minimum Gasteiger partial charge on any atom is -0.286 e. The Morgan fingerprint density at radius 3 is 2.36 bits per heavy atom. The van der Waals surface area contributed by atoms with Gasteiger partial charge in [-0.2, -0.15) is 0 Å². The van der Waals surface area contributed by atoms with E-state index < -0.39 is 8.32 Å². The van der Waals surface area contributed by atoms with Gasteiger partial charge in [0, 0.05) is 0 Å². The van der Waals surface area contributed by atoms with Crippen molar-refractivity contribution in [2.45, 2.75) is 6.55 Å². The summed E-state index contributed by atoms with van der Waals surface area (Å²) >= 11 is 0. The second-order valence-electron chi connectivity index (χ2n) is 2.68. The van der Waals surface area contributed by atoms with Crippen molar-refractivity contribution in [2.75, 3.05) is 0 Å². The smallest absolute Gasteiger partial charge is 0.286 e. The van der Waals surface area contributed by atoms with Crippen LogP contribution in [0.15, 0.2) is 42.6 Å². The molecule has 2 heteroatoms. The maximum Gasteiger partial charge on any atom is 0.288 e. The summed E-state index contributed by atoms with van der Waals surface area (Å²) in [5.41, 5.74) is 1.56. The van der Waals surface area contributed by atoms with Crippen molar-refractivity contribution in [3.8, 4) is 0 Å². The van der Waals surface area contributed by atoms with Crippen molar-refractivity contribution in [1.82, 2.24) is 0 Å². The SMILES string of the molecule is C=C[Si](C)([O])c1ccccc1. The Bertz CT molecular complexity index is 241. The first-order valence-electron chi connectivity index (χ1n) is 3.56. The highest BCUT2D eigenvalue weighted by Gasteiger charge is 2.24. The highest BCUT2D eigenvalue weighted by Crippen LogP contribution is 2.00. The second kappa shape index (κ2) is 3.03. The first-order chi connectivity index (χ1) is 5.17. The fourth-order valence-electron chi connectivity index (χ4n) is 0.887. The predicted octanol–water partition coefficient (Wildman–Crippen LogP) is 1.62. The van der Waals surface area contributed by atoms with Gasteiger partial charge in [0.1, 0.15) is 0 Å². The minimum atomic E-state index is -2.54. The summed E-state index contributed by atoms with van der Waals surface area (Å²) in [4.78, 5) is 11.7. The van der Waals surface area contributed by atoms with Crippen LogP contribution in [0.3, 0.4) is 0 Å².